The maximum absolute atomic E-state index is 12.3. The molecule has 144 valence electrons. The van der Waals surface area contributed by atoms with Gasteiger partial charge in [0.05, 0.1) is 32.4 Å². The summed E-state index contributed by atoms with van der Waals surface area (Å²) in [5.74, 6) is 0.904. The molecule has 26 heavy (non-hydrogen) atoms. The highest BCUT2D eigenvalue weighted by Gasteiger charge is 2.26. The molecule has 0 bridgehead atoms. The van der Waals surface area contributed by atoms with E-state index in [9.17, 15) is 9.59 Å². The standard InChI is InChI=1S/C19H28N2O5/c1-4-26-19(23)14-6-5-10-21(13-14)11-9-18(22)20-16-8-7-15(24-2)12-17(16)25-3/h7-8,12,14H,4-6,9-11,13H2,1-3H3,(H,20,22). The Balaban J connectivity index is 1.84. The van der Waals surface area contributed by atoms with Gasteiger partial charge in [-0.1, -0.05) is 0 Å². The number of esters is 1. The van der Waals surface area contributed by atoms with Crippen molar-refractivity contribution in [2.24, 2.45) is 5.92 Å². The summed E-state index contributed by atoms with van der Waals surface area (Å²) in [6.07, 6.45) is 2.15. The number of likely N-dealkylation sites (tertiary alicyclic amines) is 1. The lowest BCUT2D eigenvalue weighted by Gasteiger charge is -2.31. The minimum Gasteiger partial charge on any atom is -0.497 e. The zero-order chi connectivity index (χ0) is 18.9. The van der Waals surface area contributed by atoms with E-state index in [0.29, 0.717) is 43.3 Å². The van der Waals surface area contributed by atoms with Crippen LogP contribution in [0.15, 0.2) is 18.2 Å². The second-order valence-corrected chi connectivity index (χ2v) is 6.26. The number of nitrogens with one attached hydrogen (secondary N) is 1. The molecular weight excluding hydrogens is 336 g/mol. The van der Waals surface area contributed by atoms with Gasteiger partial charge in [0.15, 0.2) is 0 Å². The number of piperidine rings is 1. The topological polar surface area (TPSA) is 77.1 Å². The van der Waals surface area contributed by atoms with E-state index in [1.54, 1.807) is 32.4 Å². The third-order valence-electron chi connectivity index (χ3n) is 4.46. The smallest absolute Gasteiger partial charge is 0.310 e. The fourth-order valence-electron chi connectivity index (χ4n) is 3.09. The van der Waals surface area contributed by atoms with Crippen molar-refractivity contribution in [3.63, 3.8) is 0 Å². The molecule has 2 rings (SSSR count). The van der Waals surface area contributed by atoms with Crippen LogP contribution >= 0.6 is 0 Å². The van der Waals surface area contributed by atoms with Gasteiger partial charge in [-0.2, -0.15) is 0 Å². The summed E-state index contributed by atoms with van der Waals surface area (Å²) >= 11 is 0. The van der Waals surface area contributed by atoms with Crippen LogP contribution in [-0.4, -0.2) is 57.2 Å². The van der Waals surface area contributed by atoms with Crippen molar-refractivity contribution in [2.45, 2.75) is 26.2 Å². The van der Waals surface area contributed by atoms with Crippen LogP contribution in [0.25, 0.3) is 0 Å². The Hall–Kier alpha value is -2.28. The molecule has 1 unspecified atom stereocenters. The molecule has 1 aliphatic rings. The van der Waals surface area contributed by atoms with Crippen molar-refractivity contribution in [2.75, 3.05) is 45.8 Å². The van der Waals surface area contributed by atoms with Crippen molar-refractivity contribution in [1.29, 1.82) is 0 Å². The van der Waals surface area contributed by atoms with Gasteiger partial charge in [-0.25, -0.2) is 0 Å². The number of nitrogens with zero attached hydrogens (tertiary/aromatic N) is 1. The van der Waals surface area contributed by atoms with Crippen LogP contribution in [-0.2, 0) is 14.3 Å². The fourth-order valence-corrected chi connectivity index (χ4v) is 3.09. The van der Waals surface area contributed by atoms with Crippen molar-refractivity contribution in [1.82, 2.24) is 4.90 Å². The van der Waals surface area contributed by atoms with Gasteiger partial charge < -0.3 is 24.4 Å². The van der Waals surface area contributed by atoms with E-state index in [1.807, 2.05) is 6.92 Å². The summed E-state index contributed by atoms with van der Waals surface area (Å²) in [6.45, 7) is 4.38. The van der Waals surface area contributed by atoms with Gasteiger partial charge in [-0.3, -0.25) is 9.59 Å². The van der Waals surface area contributed by atoms with Crippen molar-refractivity contribution >= 4 is 17.6 Å². The average Bonchev–Trinajstić information content (AvgIpc) is 2.67. The van der Waals surface area contributed by atoms with E-state index in [0.717, 1.165) is 19.4 Å². The molecule has 7 nitrogen and oxygen atoms in total. The van der Waals surface area contributed by atoms with Crippen LogP contribution in [0.1, 0.15) is 26.2 Å². The minimum atomic E-state index is -0.135. The molecule has 0 radical (unpaired) electrons. The number of methoxy groups -OCH3 is 2. The monoisotopic (exact) mass is 364 g/mol. The van der Waals surface area contributed by atoms with E-state index in [4.69, 9.17) is 14.2 Å². The van der Waals surface area contributed by atoms with Crippen molar-refractivity contribution in [3.05, 3.63) is 18.2 Å². The Bertz CT molecular complexity index is 620. The number of benzene rings is 1. The molecule has 1 saturated heterocycles. The average molecular weight is 364 g/mol. The van der Waals surface area contributed by atoms with Crippen LogP contribution in [0, 0.1) is 5.92 Å². The van der Waals surface area contributed by atoms with E-state index in [1.165, 1.54) is 0 Å². The minimum absolute atomic E-state index is 0.0894. The molecule has 0 saturated carbocycles. The Morgan fingerprint density at radius 3 is 2.77 bits per heavy atom. The summed E-state index contributed by atoms with van der Waals surface area (Å²) in [5.41, 5.74) is 0.612. The zero-order valence-electron chi connectivity index (χ0n) is 15.7. The molecule has 1 atom stereocenters. The zero-order valence-corrected chi connectivity index (χ0v) is 15.7. The van der Waals surface area contributed by atoms with Gasteiger partial charge in [0.25, 0.3) is 0 Å². The molecule has 0 aliphatic carbocycles. The lowest BCUT2D eigenvalue weighted by Crippen LogP contribution is -2.40. The second kappa shape index (κ2) is 10.0. The number of hydrogen-bond donors (Lipinski definition) is 1. The number of ether oxygens (including phenoxy) is 3. The number of hydrogen-bond acceptors (Lipinski definition) is 6. The molecule has 1 amide bonds. The highest BCUT2D eigenvalue weighted by Crippen LogP contribution is 2.29. The van der Waals surface area contributed by atoms with E-state index in [-0.39, 0.29) is 17.8 Å². The van der Waals surface area contributed by atoms with Crippen molar-refractivity contribution < 1.29 is 23.8 Å². The number of anilines is 1. The Morgan fingerprint density at radius 2 is 2.08 bits per heavy atom. The van der Waals surface area contributed by atoms with Crippen LogP contribution in [0.3, 0.4) is 0 Å². The Labute approximate surface area is 154 Å². The molecule has 1 fully saturated rings. The summed E-state index contributed by atoms with van der Waals surface area (Å²) in [4.78, 5) is 26.3. The fraction of sp³-hybridized carbons (Fsp3) is 0.579. The van der Waals surface area contributed by atoms with Gasteiger partial charge >= 0.3 is 5.97 Å². The second-order valence-electron chi connectivity index (χ2n) is 6.26. The van der Waals surface area contributed by atoms with Crippen LogP contribution in [0.4, 0.5) is 5.69 Å². The highest BCUT2D eigenvalue weighted by atomic mass is 16.5. The SMILES string of the molecule is CCOC(=O)C1CCCN(CCC(=O)Nc2ccc(OC)cc2OC)C1. The molecular formula is C19H28N2O5. The van der Waals surface area contributed by atoms with Gasteiger partial charge in [0.1, 0.15) is 11.5 Å². The first kappa shape index (κ1) is 20.0. The number of amides is 1. The van der Waals surface area contributed by atoms with Crippen molar-refractivity contribution in [3.8, 4) is 11.5 Å². The molecule has 1 aliphatic heterocycles. The quantitative estimate of drug-likeness (QED) is 0.714. The largest absolute Gasteiger partial charge is 0.497 e. The number of carbonyl (C=O) groups excluding carboxylic acids is 2. The Kier molecular flexibility index (Phi) is 7.72. The summed E-state index contributed by atoms with van der Waals surface area (Å²) in [6, 6.07) is 5.25. The number of carbonyl (C=O) groups is 2. The van der Waals surface area contributed by atoms with Gasteiger partial charge in [0, 0.05) is 25.6 Å². The number of rotatable bonds is 8. The first-order valence-corrected chi connectivity index (χ1v) is 8.98. The Morgan fingerprint density at radius 1 is 1.27 bits per heavy atom. The molecule has 1 aromatic rings. The predicted molar refractivity (Wildman–Crippen MR) is 98.6 cm³/mol. The molecule has 1 heterocycles. The predicted octanol–water partition coefficient (Wildman–Crippen LogP) is 2.31. The molecule has 1 aromatic carbocycles. The van der Waals surface area contributed by atoms with Gasteiger partial charge in [0.2, 0.25) is 5.91 Å². The highest BCUT2D eigenvalue weighted by molar-refractivity contribution is 5.92. The molecule has 0 aromatic heterocycles. The summed E-state index contributed by atoms with van der Waals surface area (Å²) in [7, 11) is 3.13. The summed E-state index contributed by atoms with van der Waals surface area (Å²) in [5, 5.41) is 2.87. The first-order valence-electron chi connectivity index (χ1n) is 8.98. The third-order valence-corrected chi connectivity index (χ3v) is 4.46. The lowest BCUT2D eigenvalue weighted by molar-refractivity contribution is -0.149. The van der Waals surface area contributed by atoms with Gasteiger partial charge in [-0.05, 0) is 38.4 Å². The molecule has 0 spiro atoms. The van der Waals surface area contributed by atoms with Crippen LogP contribution in [0.5, 0.6) is 11.5 Å². The summed E-state index contributed by atoms with van der Waals surface area (Å²) < 4.78 is 15.6. The maximum atomic E-state index is 12.3. The van der Waals surface area contributed by atoms with Gasteiger partial charge in [-0.15, -0.1) is 0 Å². The molecule has 7 heteroatoms. The van der Waals surface area contributed by atoms with Crippen LogP contribution < -0.4 is 14.8 Å². The lowest BCUT2D eigenvalue weighted by atomic mass is 9.98. The molecule has 1 N–H and O–H groups in total. The maximum Gasteiger partial charge on any atom is 0.310 e. The third kappa shape index (κ3) is 5.62. The van der Waals surface area contributed by atoms with E-state index >= 15 is 0 Å². The van der Waals surface area contributed by atoms with E-state index < -0.39 is 0 Å². The van der Waals surface area contributed by atoms with E-state index in [2.05, 4.69) is 10.2 Å². The first-order chi connectivity index (χ1) is 12.6. The normalized spacial score (nSPS) is 17.4. The van der Waals surface area contributed by atoms with Crippen LogP contribution in [0.2, 0.25) is 0 Å².